The van der Waals surface area contributed by atoms with Crippen LogP contribution in [-0.4, -0.2) is 45.4 Å². The second kappa shape index (κ2) is 8.09. The monoisotopic (exact) mass is 393 g/mol. The molecule has 0 fully saturated rings. The molecule has 1 amide bonds. The van der Waals surface area contributed by atoms with Gasteiger partial charge in [-0.3, -0.25) is 4.79 Å². The highest BCUT2D eigenvalue weighted by Crippen LogP contribution is 2.34. The Morgan fingerprint density at radius 2 is 1.78 bits per heavy atom. The molecule has 9 heteroatoms. The lowest BCUT2D eigenvalue weighted by atomic mass is 10.1. The maximum atomic E-state index is 12.6. The van der Waals surface area contributed by atoms with Crippen LogP contribution in [0.2, 0.25) is 0 Å². The van der Waals surface area contributed by atoms with Gasteiger partial charge in [-0.15, -0.1) is 0 Å². The van der Waals surface area contributed by atoms with Gasteiger partial charge in [0.05, 0.1) is 35.4 Å². The minimum absolute atomic E-state index is 0.0416. The lowest BCUT2D eigenvalue weighted by molar-refractivity contribution is 0.0697. The van der Waals surface area contributed by atoms with E-state index in [2.05, 4.69) is 5.32 Å². The Kier molecular flexibility index (Phi) is 6.06. The molecular weight excluding hydrogens is 374 g/mol. The molecule has 0 aliphatic rings. The molecule has 0 aliphatic heterocycles. The topological polar surface area (TPSA) is 119 Å². The maximum Gasteiger partial charge on any atom is 0.337 e. The van der Waals surface area contributed by atoms with Crippen LogP contribution in [0.25, 0.3) is 0 Å². The van der Waals surface area contributed by atoms with E-state index in [9.17, 15) is 23.1 Å². The van der Waals surface area contributed by atoms with Crippen LogP contribution in [0.1, 0.15) is 27.6 Å². The molecule has 0 heterocycles. The first kappa shape index (κ1) is 20.2. The number of carbonyl (C=O) groups excluding carboxylic acids is 1. The van der Waals surface area contributed by atoms with Crippen molar-refractivity contribution in [3.8, 4) is 11.5 Å². The molecule has 0 unspecified atom stereocenters. The van der Waals surface area contributed by atoms with Crippen molar-refractivity contribution in [2.24, 2.45) is 0 Å². The summed E-state index contributed by atoms with van der Waals surface area (Å²) in [7, 11) is -2.28. The van der Waals surface area contributed by atoms with Gasteiger partial charge < -0.3 is 19.9 Å². The van der Waals surface area contributed by atoms with Crippen molar-refractivity contribution in [2.45, 2.75) is 11.8 Å². The van der Waals surface area contributed by atoms with E-state index in [-0.39, 0.29) is 33.2 Å². The van der Waals surface area contributed by atoms with E-state index >= 15 is 0 Å². The number of nitrogens with one attached hydrogen (secondary N) is 1. The van der Waals surface area contributed by atoms with Gasteiger partial charge in [-0.25, -0.2) is 13.2 Å². The number of hydrogen-bond donors (Lipinski definition) is 2. The third kappa shape index (κ3) is 4.56. The summed E-state index contributed by atoms with van der Waals surface area (Å²) in [4.78, 5) is 24.0. The molecule has 8 nitrogen and oxygen atoms in total. The van der Waals surface area contributed by atoms with Gasteiger partial charge in [-0.1, -0.05) is 12.1 Å². The van der Waals surface area contributed by atoms with Crippen molar-refractivity contribution in [1.82, 2.24) is 0 Å². The van der Waals surface area contributed by atoms with E-state index in [1.165, 1.54) is 43.5 Å². The van der Waals surface area contributed by atoms with E-state index in [1.807, 2.05) is 0 Å². The van der Waals surface area contributed by atoms with Crippen molar-refractivity contribution in [1.29, 1.82) is 0 Å². The van der Waals surface area contributed by atoms with Crippen molar-refractivity contribution in [2.75, 3.05) is 25.3 Å². The number of ether oxygens (including phenoxy) is 2. The molecule has 2 N–H and O–H groups in total. The summed E-state index contributed by atoms with van der Waals surface area (Å²) in [5, 5.41) is 11.9. The molecule has 27 heavy (non-hydrogen) atoms. The van der Waals surface area contributed by atoms with E-state index in [4.69, 9.17) is 9.47 Å². The molecule has 0 atom stereocenters. The fourth-order valence-electron chi connectivity index (χ4n) is 2.44. The molecule has 144 valence electrons. The lowest BCUT2D eigenvalue weighted by Gasteiger charge is -2.15. The number of carboxylic acid groups (broad SMARTS) is 1. The van der Waals surface area contributed by atoms with Crippen LogP contribution in [0.3, 0.4) is 0 Å². The second-order valence-electron chi connectivity index (χ2n) is 5.51. The highest BCUT2D eigenvalue weighted by molar-refractivity contribution is 7.90. The molecule has 0 aromatic heterocycles. The van der Waals surface area contributed by atoms with Crippen LogP contribution in [0.15, 0.2) is 41.3 Å². The molecule has 0 bridgehead atoms. The highest BCUT2D eigenvalue weighted by atomic mass is 32.2. The summed E-state index contributed by atoms with van der Waals surface area (Å²) in [5.74, 6) is -1.60. The Balaban J connectivity index is 2.52. The molecule has 2 aromatic carbocycles. The van der Waals surface area contributed by atoms with Gasteiger partial charge >= 0.3 is 5.97 Å². The summed E-state index contributed by atoms with van der Waals surface area (Å²) in [5.41, 5.74) is -0.356. The number of aromatic carboxylic acids is 1. The Labute approximate surface area is 156 Å². The Bertz CT molecular complexity index is 983. The standard InChI is InChI=1S/C18H19NO7S/c1-4-26-15-10-13(12(18(21)22)9-14(15)25-2)19-17(20)11-7-5-6-8-16(11)27(3,23)24/h5-10H,4H2,1-3H3,(H,19,20)(H,21,22). The zero-order chi connectivity index (χ0) is 20.2. The van der Waals surface area contributed by atoms with Crippen LogP contribution in [-0.2, 0) is 9.84 Å². The van der Waals surface area contributed by atoms with Gasteiger partial charge in [-0.05, 0) is 19.1 Å². The number of carbonyl (C=O) groups is 2. The number of methoxy groups -OCH3 is 1. The van der Waals surface area contributed by atoms with E-state index < -0.39 is 21.7 Å². The van der Waals surface area contributed by atoms with Gasteiger partial charge in [0.25, 0.3) is 5.91 Å². The first-order chi connectivity index (χ1) is 12.7. The maximum absolute atomic E-state index is 12.6. The van der Waals surface area contributed by atoms with E-state index in [1.54, 1.807) is 6.92 Å². The van der Waals surface area contributed by atoms with Gasteiger partial charge in [0.15, 0.2) is 21.3 Å². The Morgan fingerprint density at radius 1 is 1.11 bits per heavy atom. The van der Waals surface area contributed by atoms with Crippen LogP contribution < -0.4 is 14.8 Å². The number of carboxylic acids is 1. The second-order valence-corrected chi connectivity index (χ2v) is 7.49. The summed E-state index contributed by atoms with van der Waals surface area (Å²) in [6.45, 7) is 2.04. The zero-order valence-electron chi connectivity index (χ0n) is 15.0. The largest absolute Gasteiger partial charge is 0.493 e. The minimum atomic E-state index is -3.65. The number of benzene rings is 2. The van der Waals surface area contributed by atoms with Crippen LogP contribution in [0, 0.1) is 0 Å². The number of rotatable bonds is 7. The number of amides is 1. The average Bonchev–Trinajstić information content (AvgIpc) is 2.61. The molecule has 0 saturated carbocycles. The van der Waals surface area contributed by atoms with Gasteiger partial charge in [0.2, 0.25) is 0 Å². The van der Waals surface area contributed by atoms with E-state index in [0.717, 1.165) is 6.26 Å². The molecule has 2 aromatic rings. The Hall–Kier alpha value is -3.07. The Morgan fingerprint density at radius 3 is 2.33 bits per heavy atom. The summed E-state index contributed by atoms with van der Waals surface area (Å²) in [6.07, 6.45) is 0.988. The number of anilines is 1. The molecular formula is C18H19NO7S. The predicted molar refractivity (Wildman–Crippen MR) is 98.6 cm³/mol. The lowest BCUT2D eigenvalue weighted by Crippen LogP contribution is -2.18. The minimum Gasteiger partial charge on any atom is -0.493 e. The van der Waals surface area contributed by atoms with Gasteiger partial charge in [0, 0.05) is 18.4 Å². The van der Waals surface area contributed by atoms with Crippen LogP contribution >= 0.6 is 0 Å². The van der Waals surface area contributed by atoms with Crippen molar-refractivity contribution < 1.29 is 32.6 Å². The molecule has 0 radical (unpaired) electrons. The van der Waals surface area contributed by atoms with Gasteiger partial charge in [0.1, 0.15) is 0 Å². The van der Waals surface area contributed by atoms with Gasteiger partial charge in [-0.2, -0.15) is 0 Å². The summed E-state index contributed by atoms with van der Waals surface area (Å²) < 4.78 is 34.3. The quantitative estimate of drug-likeness (QED) is 0.741. The van der Waals surface area contributed by atoms with Crippen LogP contribution in [0.4, 0.5) is 5.69 Å². The van der Waals surface area contributed by atoms with Crippen LogP contribution in [0.5, 0.6) is 11.5 Å². The van der Waals surface area contributed by atoms with Crippen molar-refractivity contribution in [3.63, 3.8) is 0 Å². The fourth-order valence-corrected chi connectivity index (χ4v) is 3.32. The molecule has 2 rings (SSSR count). The first-order valence-corrected chi connectivity index (χ1v) is 9.76. The predicted octanol–water partition coefficient (Wildman–Crippen LogP) is 2.45. The number of hydrogen-bond acceptors (Lipinski definition) is 6. The zero-order valence-corrected chi connectivity index (χ0v) is 15.8. The first-order valence-electron chi connectivity index (χ1n) is 7.87. The average molecular weight is 393 g/mol. The normalized spacial score (nSPS) is 10.9. The van der Waals surface area contributed by atoms with E-state index in [0.29, 0.717) is 6.61 Å². The molecule has 0 saturated heterocycles. The molecule has 0 aliphatic carbocycles. The van der Waals surface area contributed by atoms with Crippen molar-refractivity contribution in [3.05, 3.63) is 47.5 Å². The summed E-state index contributed by atoms with van der Waals surface area (Å²) >= 11 is 0. The number of sulfone groups is 1. The third-order valence-electron chi connectivity index (χ3n) is 3.61. The SMILES string of the molecule is CCOc1cc(NC(=O)c2ccccc2S(C)(=O)=O)c(C(=O)O)cc1OC. The highest BCUT2D eigenvalue weighted by Gasteiger charge is 2.22. The third-order valence-corrected chi connectivity index (χ3v) is 4.77. The van der Waals surface area contributed by atoms with Crippen molar-refractivity contribution >= 4 is 27.4 Å². The molecule has 0 spiro atoms. The summed E-state index contributed by atoms with van der Waals surface area (Å²) in [6, 6.07) is 8.22. The smallest absolute Gasteiger partial charge is 0.337 e. The fraction of sp³-hybridized carbons (Fsp3) is 0.222.